The fraction of sp³-hybridized carbons (Fsp3) is 0.538. The molecule has 16 heavy (non-hydrogen) atoms. The van der Waals surface area contributed by atoms with Crippen LogP contribution in [0.2, 0.25) is 0 Å². The Kier molecular flexibility index (Phi) is 5.43. The van der Waals surface area contributed by atoms with Gasteiger partial charge in [-0.25, -0.2) is 4.39 Å². The molecule has 0 aliphatic carbocycles. The smallest absolute Gasteiger partial charge is 0.123 e. The maximum absolute atomic E-state index is 12.7. The Bertz CT molecular complexity index is 297. The predicted molar refractivity (Wildman–Crippen MR) is 65.6 cm³/mol. The Morgan fingerprint density at radius 2 is 1.94 bits per heavy atom. The minimum Gasteiger partial charge on any atom is -0.329 e. The fourth-order valence-electron chi connectivity index (χ4n) is 1.86. The highest BCUT2D eigenvalue weighted by molar-refractivity contribution is 5.15. The lowest BCUT2D eigenvalue weighted by Crippen LogP contribution is -2.37. The molecule has 1 atom stereocenters. The minimum atomic E-state index is -0.185. The molecule has 0 aliphatic heterocycles. The Hall–Kier alpha value is -0.930. The van der Waals surface area contributed by atoms with Gasteiger partial charge in [0.15, 0.2) is 0 Å². The van der Waals surface area contributed by atoms with Crippen LogP contribution in [-0.4, -0.2) is 24.5 Å². The summed E-state index contributed by atoms with van der Waals surface area (Å²) in [5.74, 6) is -0.185. The second-order valence-electron chi connectivity index (χ2n) is 4.22. The zero-order valence-electron chi connectivity index (χ0n) is 10.1. The molecule has 0 radical (unpaired) electrons. The van der Waals surface area contributed by atoms with Gasteiger partial charge < -0.3 is 5.73 Å². The largest absolute Gasteiger partial charge is 0.329 e. The molecule has 0 heterocycles. The van der Waals surface area contributed by atoms with E-state index >= 15 is 0 Å². The van der Waals surface area contributed by atoms with Gasteiger partial charge in [0.1, 0.15) is 5.82 Å². The van der Waals surface area contributed by atoms with Crippen LogP contribution < -0.4 is 5.73 Å². The third-order valence-electron chi connectivity index (χ3n) is 2.86. The van der Waals surface area contributed by atoms with E-state index in [2.05, 4.69) is 18.9 Å². The summed E-state index contributed by atoms with van der Waals surface area (Å²) in [4.78, 5) is 2.23. The SMILES string of the molecule is CCCC(CN)N(C)Cc1ccc(F)cc1. The average molecular weight is 224 g/mol. The van der Waals surface area contributed by atoms with E-state index in [4.69, 9.17) is 5.73 Å². The van der Waals surface area contributed by atoms with Gasteiger partial charge in [-0.1, -0.05) is 25.5 Å². The van der Waals surface area contributed by atoms with E-state index in [0.29, 0.717) is 12.6 Å². The van der Waals surface area contributed by atoms with E-state index in [1.165, 1.54) is 12.1 Å². The maximum atomic E-state index is 12.7. The lowest BCUT2D eigenvalue weighted by atomic mass is 10.1. The van der Waals surface area contributed by atoms with Crippen molar-refractivity contribution in [3.8, 4) is 0 Å². The first kappa shape index (κ1) is 13.1. The maximum Gasteiger partial charge on any atom is 0.123 e. The Labute approximate surface area is 97.3 Å². The zero-order valence-corrected chi connectivity index (χ0v) is 10.1. The Balaban J connectivity index is 2.55. The highest BCUT2D eigenvalue weighted by atomic mass is 19.1. The topological polar surface area (TPSA) is 29.3 Å². The van der Waals surface area contributed by atoms with Crippen LogP contribution in [0.25, 0.3) is 0 Å². The summed E-state index contributed by atoms with van der Waals surface area (Å²) in [7, 11) is 2.07. The van der Waals surface area contributed by atoms with Crippen molar-refractivity contribution in [3.05, 3.63) is 35.6 Å². The molecule has 3 heteroatoms. The van der Waals surface area contributed by atoms with Gasteiger partial charge in [0.05, 0.1) is 0 Å². The molecule has 0 spiro atoms. The van der Waals surface area contributed by atoms with Gasteiger partial charge in [0, 0.05) is 19.1 Å². The molecule has 0 saturated heterocycles. The lowest BCUT2D eigenvalue weighted by Gasteiger charge is -2.26. The normalized spacial score (nSPS) is 13.1. The highest BCUT2D eigenvalue weighted by Gasteiger charge is 2.11. The van der Waals surface area contributed by atoms with Crippen LogP contribution in [0.4, 0.5) is 4.39 Å². The van der Waals surface area contributed by atoms with E-state index < -0.39 is 0 Å². The second-order valence-corrected chi connectivity index (χ2v) is 4.22. The number of benzene rings is 1. The first-order chi connectivity index (χ1) is 7.67. The quantitative estimate of drug-likeness (QED) is 0.804. The summed E-state index contributed by atoms with van der Waals surface area (Å²) in [6, 6.07) is 7.06. The number of hydrogen-bond acceptors (Lipinski definition) is 2. The van der Waals surface area contributed by atoms with Gasteiger partial charge in [0.25, 0.3) is 0 Å². The van der Waals surface area contributed by atoms with Crippen molar-refractivity contribution in [2.75, 3.05) is 13.6 Å². The molecule has 0 saturated carbocycles. The van der Waals surface area contributed by atoms with E-state index in [0.717, 1.165) is 24.9 Å². The number of rotatable bonds is 6. The number of nitrogens with zero attached hydrogens (tertiary/aromatic N) is 1. The molecule has 90 valence electrons. The summed E-state index contributed by atoms with van der Waals surface area (Å²) in [5.41, 5.74) is 6.86. The lowest BCUT2D eigenvalue weighted by molar-refractivity contribution is 0.226. The molecule has 0 amide bonds. The molecule has 0 bridgehead atoms. The van der Waals surface area contributed by atoms with Crippen LogP contribution in [0.1, 0.15) is 25.3 Å². The molecule has 1 aromatic carbocycles. The van der Waals surface area contributed by atoms with E-state index in [1.54, 1.807) is 0 Å². The van der Waals surface area contributed by atoms with Crippen LogP contribution in [0.15, 0.2) is 24.3 Å². The fourth-order valence-corrected chi connectivity index (χ4v) is 1.86. The van der Waals surface area contributed by atoms with Crippen LogP contribution in [0.5, 0.6) is 0 Å². The molecule has 0 fully saturated rings. The first-order valence-corrected chi connectivity index (χ1v) is 5.82. The van der Waals surface area contributed by atoms with Crippen molar-refractivity contribution in [2.24, 2.45) is 5.73 Å². The Morgan fingerprint density at radius 3 is 2.44 bits per heavy atom. The monoisotopic (exact) mass is 224 g/mol. The molecule has 0 aromatic heterocycles. The van der Waals surface area contributed by atoms with Crippen LogP contribution in [0, 0.1) is 5.82 Å². The van der Waals surface area contributed by atoms with Gasteiger partial charge in [0.2, 0.25) is 0 Å². The molecule has 1 unspecified atom stereocenters. The van der Waals surface area contributed by atoms with Crippen LogP contribution in [-0.2, 0) is 6.54 Å². The molecule has 0 aliphatic rings. The predicted octanol–water partition coefficient (Wildman–Crippen LogP) is 2.38. The summed E-state index contributed by atoms with van der Waals surface area (Å²) in [6.07, 6.45) is 2.24. The average Bonchev–Trinajstić information content (AvgIpc) is 2.29. The molecular weight excluding hydrogens is 203 g/mol. The van der Waals surface area contributed by atoms with E-state index in [1.807, 2.05) is 12.1 Å². The highest BCUT2D eigenvalue weighted by Crippen LogP contribution is 2.10. The number of halogens is 1. The van der Waals surface area contributed by atoms with Gasteiger partial charge in [-0.3, -0.25) is 4.90 Å². The molecule has 2 N–H and O–H groups in total. The van der Waals surface area contributed by atoms with Gasteiger partial charge >= 0.3 is 0 Å². The molecular formula is C13H21FN2. The van der Waals surface area contributed by atoms with Crippen molar-refractivity contribution >= 4 is 0 Å². The third-order valence-corrected chi connectivity index (χ3v) is 2.86. The summed E-state index contributed by atoms with van der Waals surface area (Å²) < 4.78 is 12.7. The van der Waals surface area contributed by atoms with E-state index in [9.17, 15) is 4.39 Å². The first-order valence-electron chi connectivity index (χ1n) is 5.82. The Morgan fingerprint density at radius 1 is 1.31 bits per heavy atom. The summed E-state index contributed by atoms with van der Waals surface area (Å²) >= 11 is 0. The van der Waals surface area contributed by atoms with Crippen molar-refractivity contribution in [1.82, 2.24) is 4.90 Å². The zero-order chi connectivity index (χ0) is 12.0. The number of hydrogen-bond donors (Lipinski definition) is 1. The van der Waals surface area contributed by atoms with Crippen molar-refractivity contribution in [3.63, 3.8) is 0 Å². The van der Waals surface area contributed by atoms with Gasteiger partial charge in [-0.15, -0.1) is 0 Å². The third kappa shape index (κ3) is 3.91. The molecule has 2 nitrogen and oxygen atoms in total. The summed E-state index contributed by atoms with van der Waals surface area (Å²) in [5, 5.41) is 0. The number of nitrogens with two attached hydrogens (primary N) is 1. The summed E-state index contributed by atoms with van der Waals surface area (Å²) in [6.45, 7) is 3.65. The van der Waals surface area contributed by atoms with Gasteiger partial charge in [-0.2, -0.15) is 0 Å². The number of likely N-dealkylation sites (N-methyl/N-ethyl adjacent to an activating group) is 1. The standard InChI is InChI=1S/C13H21FN2/c1-3-4-13(9-15)16(2)10-11-5-7-12(14)8-6-11/h5-8,13H,3-4,9-10,15H2,1-2H3. The molecule has 1 rings (SSSR count). The van der Waals surface area contributed by atoms with Crippen molar-refractivity contribution in [1.29, 1.82) is 0 Å². The second kappa shape index (κ2) is 6.61. The van der Waals surface area contributed by atoms with Crippen molar-refractivity contribution < 1.29 is 4.39 Å². The molecule has 1 aromatic rings. The minimum absolute atomic E-state index is 0.185. The van der Waals surface area contributed by atoms with E-state index in [-0.39, 0.29) is 5.82 Å². The van der Waals surface area contributed by atoms with Gasteiger partial charge in [-0.05, 0) is 31.2 Å². The van der Waals surface area contributed by atoms with Crippen LogP contribution >= 0.6 is 0 Å². The van der Waals surface area contributed by atoms with Crippen molar-refractivity contribution in [2.45, 2.75) is 32.4 Å². The van der Waals surface area contributed by atoms with Crippen LogP contribution in [0.3, 0.4) is 0 Å².